The number of alkyl halides is 3. The first-order valence-corrected chi connectivity index (χ1v) is 8.73. The highest BCUT2D eigenvalue weighted by atomic mass is 35.5. The van der Waals surface area contributed by atoms with Crippen molar-refractivity contribution in [2.24, 2.45) is 10.2 Å². The highest BCUT2D eigenvalue weighted by molar-refractivity contribution is 6.35. The number of nitrogens with one attached hydrogen (secondary N) is 1. The number of ether oxygens (including phenoxy) is 1. The molecule has 148 valence electrons. The van der Waals surface area contributed by atoms with Gasteiger partial charge in [0.1, 0.15) is 5.02 Å². The molecule has 1 aliphatic heterocycles. The Hall–Kier alpha value is -2.39. The molecular formula is C17H13Cl2F3N4O2. The summed E-state index contributed by atoms with van der Waals surface area (Å²) in [5.74, 6) is -0.386. The number of carbonyl (C=O) groups excluding carboxylic acids is 1. The van der Waals surface area contributed by atoms with E-state index in [4.69, 9.17) is 27.9 Å². The number of pyridine rings is 1. The van der Waals surface area contributed by atoms with Gasteiger partial charge in [0.15, 0.2) is 6.10 Å². The fourth-order valence-corrected chi connectivity index (χ4v) is 2.76. The Morgan fingerprint density at radius 2 is 1.89 bits per heavy atom. The number of benzene rings is 1. The van der Waals surface area contributed by atoms with Crippen LogP contribution in [0.1, 0.15) is 18.1 Å². The van der Waals surface area contributed by atoms with Crippen LogP contribution in [0.4, 0.5) is 13.2 Å². The number of halogens is 5. The van der Waals surface area contributed by atoms with Gasteiger partial charge in [0, 0.05) is 18.3 Å². The third-order valence-electron chi connectivity index (χ3n) is 3.95. The largest absolute Gasteiger partial charge is 0.463 e. The summed E-state index contributed by atoms with van der Waals surface area (Å²) in [5, 5.41) is 9.41. The van der Waals surface area contributed by atoms with E-state index in [0.29, 0.717) is 10.6 Å². The molecule has 2 heterocycles. The van der Waals surface area contributed by atoms with Crippen LogP contribution >= 0.6 is 23.2 Å². The van der Waals surface area contributed by atoms with E-state index in [0.717, 1.165) is 0 Å². The Balaban J connectivity index is 1.56. The molecular weight excluding hydrogens is 420 g/mol. The van der Waals surface area contributed by atoms with E-state index in [-0.39, 0.29) is 23.0 Å². The molecule has 11 heteroatoms. The van der Waals surface area contributed by atoms with Gasteiger partial charge in [-0.1, -0.05) is 47.5 Å². The fourth-order valence-electron chi connectivity index (χ4n) is 2.34. The van der Waals surface area contributed by atoms with Crippen LogP contribution in [0.2, 0.25) is 10.0 Å². The number of hydrogen-bond donors (Lipinski definition) is 1. The SMILES string of the molecule is CC(Oc1ncc(Cl)cc1Cl)C(=O)NCc1ccc(C2(C(F)(F)F)N=N2)cc1. The van der Waals surface area contributed by atoms with Gasteiger partial charge in [-0.05, 0) is 18.6 Å². The number of carbonyl (C=O) groups is 1. The van der Waals surface area contributed by atoms with Gasteiger partial charge in [-0.25, -0.2) is 4.98 Å². The van der Waals surface area contributed by atoms with Gasteiger partial charge in [-0.15, -0.1) is 10.2 Å². The Morgan fingerprint density at radius 3 is 2.43 bits per heavy atom. The van der Waals surface area contributed by atoms with Crippen LogP contribution < -0.4 is 10.1 Å². The average Bonchev–Trinajstić information content (AvgIpc) is 3.44. The van der Waals surface area contributed by atoms with Gasteiger partial charge >= 0.3 is 11.8 Å². The Labute approximate surface area is 167 Å². The van der Waals surface area contributed by atoms with Crippen molar-refractivity contribution in [3.05, 3.63) is 57.7 Å². The maximum absolute atomic E-state index is 13.0. The van der Waals surface area contributed by atoms with Crippen molar-refractivity contribution < 1.29 is 22.7 Å². The molecule has 3 rings (SSSR count). The molecule has 1 aromatic heterocycles. The highest BCUT2D eigenvalue weighted by Crippen LogP contribution is 2.52. The normalized spacial score (nSPS) is 15.8. The van der Waals surface area contributed by atoms with Crippen molar-refractivity contribution in [1.29, 1.82) is 0 Å². The predicted octanol–water partition coefficient (Wildman–Crippen LogP) is 4.65. The van der Waals surface area contributed by atoms with Crippen LogP contribution in [0.25, 0.3) is 0 Å². The lowest BCUT2D eigenvalue weighted by Gasteiger charge is -2.16. The molecule has 1 aromatic carbocycles. The third kappa shape index (κ3) is 4.20. The first-order chi connectivity index (χ1) is 13.1. The molecule has 1 unspecified atom stereocenters. The summed E-state index contributed by atoms with van der Waals surface area (Å²) in [7, 11) is 0. The minimum atomic E-state index is -4.58. The predicted molar refractivity (Wildman–Crippen MR) is 95.2 cm³/mol. The summed E-state index contributed by atoms with van der Waals surface area (Å²) in [5.41, 5.74) is -1.93. The number of hydrogen-bond acceptors (Lipinski definition) is 5. The van der Waals surface area contributed by atoms with E-state index in [1.54, 1.807) is 0 Å². The van der Waals surface area contributed by atoms with Crippen molar-refractivity contribution >= 4 is 29.1 Å². The zero-order valence-electron chi connectivity index (χ0n) is 14.3. The first-order valence-electron chi connectivity index (χ1n) is 7.98. The summed E-state index contributed by atoms with van der Waals surface area (Å²) >= 11 is 11.7. The van der Waals surface area contributed by atoms with Crippen molar-refractivity contribution in [2.45, 2.75) is 31.4 Å². The van der Waals surface area contributed by atoms with E-state index < -0.39 is 23.9 Å². The molecule has 0 saturated carbocycles. The van der Waals surface area contributed by atoms with Gasteiger partial charge in [0.25, 0.3) is 5.91 Å². The molecule has 0 radical (unpaired) electrons. The quantitative estimate of drug-likeness (QED) is 0.721. The smallest absolute Gasteiger partial charge is 0.442 e. The Bertz CT molecular complexity index is 914. The molecule has 6 nitrogen and oxygen atoms in total. The maximum atomic E-state index is 13.0. The zero-order chi connectivity index (χ0) is 20.5. The standard InChI is InChI=1S/C17H13Cl2F3N4O2/c1-9(28-15-13(19)6-12(18)8-24-15)14(27)23-7-10-2-4-11(5-3-10)16(25-26-16)17(20,21)22/h2-6,8-9H,7H2,1H3,(H,23,27). The minimum absolute atomic E-state index is 0.0625. The van der Waals surface area contributed by atoms with Crippen molar-refractivity contribution in [3.8, 4) is 5.88 Å². The Kier molecular flexibility index (Phi) is 5.49. The molecule has 0 spiro atoms. The summed E-state index contributed by atoms with van der Waals surface area (Å²) in [6.45, 7) is 1.61. The van der Waals surface area contributed by atoms with Gasteiger partial charge in [0.05, 0.1) is 5.02 Å². The third-order valence-corrected chi connectivity index (χ3v) is 4.43. The second-order valence-corrected chi connectivity index (χ2v) is 6.83. The molecule has 0 saturated heterocycles. The lowest BCUT2D eigenvalue weighted by atomic mass is 10.0. The molecule has 2 aromatic rings. The van der Waals surface area contributed by atoms with Gasteiger partial charge in [-0.3, -0.25) is 4.79 Å². The molecule has 0 fully saturated rings. The minimum Gasteiger partial charge on any atom is -0.463 e. The number of aromatic nitrogens is 1. The number of amides is 1. The topological polar surface area (TPSA) is 75.9 Å². The fraction of sp³-hybridized carbons (Fsp3) is 0.294. The van der Waals surface area contributed by atoms with Crippen LogP contribution in [0, 0.1) is 0 Å². The second-order valence-electron chi connectivity index (χ2n) is 5.99. The average molecular weight is 433 g/mol. The van der Waals surface area contributed by atoms with Crippen LogP contribution in [0.3, 0.4) is 0 Å². The summed E-state index contributed by atoms with van der Waals surface area (Å²) < 4.78 is 44.3. The van der Waals surface area contributed by atoms with E-state index in [1.807, 2.05) is 0 Å². The second kappa shape index (κ2) is 7.56. The van der Waals surface area contributed by atoms with Crippen LogP contribution in [0.5, 0.6) is 5.88 Å². The molecule has 1 atom stereocenters. The van der Waals surface area contributed by atoms with Gasteiger partial charge in [0.2, 0.25) is 5.88 Å². The molecule has 0 bridgehead atoms. The monoisotopic (exact) mass is 432 g/mol. The van der Waals surface area contributed by atoms with Crippen molar-refractivity contribution in [3.63, 3.8) is 0 Å². The molecule has 1 aliphatic rings. The van der Waals surface area contributed by atoms with Crippen molar-refractivity contribution in [2.75, 3.05) is 0 Å². The number of rotatable bonds is 6. The van der Waals surface area contributed by atoms with E-state index in [1.165, 1.54) is 43.5 Å². The molecule has 0 aliphatic carbocycles. The highest BCUT2D eigenvalue weighted by Gasteiger charge is 2.65. The zero-order valence-corrected chi connectivity index (χ0v) is 15.8. The van der Waals surface area contributed by atoms with Crippen LogP contribution in [-0.2, 0) is 17.0 Å². The lowest BCUT2D eigenvalue weighted by molar-refractivity contribution is -0.166. The van der Waals surface area contributed by atoms with Crippen LogP contribution in [-0.4, -0.2) is 23.2 Å². The first kappa shape index (κ1) is 20.3. The molecule has 1 N–H and O–H groups in total. The van der Waals surface area contributed by atoms with Crippen LogP contribution in [0.15, 0.2) is 46.8 Å². The summed E-state index contributed by atoms with van der Waals surface area (Å²) in [4.78, 5) is 16.1. The summed E-state index contributed by atoms with van der Waals surface area (Å²) in [6, 6.07) is 6.94. The van der Waals surface area contributed by atoms with E-state index in [2.05, 4.69) is 20.5 Å². The molecule has 28 heavy (non-hydrogen) atoms. The lowest BCUT2D eigenvalue weighted by Crippen LogP contribution is -2.36. The number of nitrogens with zero attached hydrogens (tertiary/aromatic N) is 3. The Morgan fingerprint density at radius 1 is 1.25 bits per heavy atom. The van der Waals surface area contributed by atoms with Gasteiger partial charge < -0.3 is 10.1 Å². The van der Waals surface area contributed by atoms with E-state index >= 15 is 0 Å². The summed E-state index contributed by atoms with van der Waals surface area (Å²) in [6.07, 6.45) is -4.14. The van der Waals surface area contributed by atoms with E-state index in [9.17, 15) is 18.0 Å². The maximum Gasteiger partial charge on any atom is 0.442 e. The van der Waals surface area contributed by atoms with Gasteiger partial charge in [-0.2, -0.15) is 13.2 Å². The van der Waals surface area contributed by atoms with Crippen molar-refractivity contribution in [1.82, 2.24) is 10.3 Å². The molecule has 1 amide bonds.